The monoisotopic (exact) mass is 425 g/mol. The zero-order valence-electron chi connectivity index (χ0n) is 19.2. The van der Waals surface area contributed by atoms with Crippen molar-refractivity contribution in [2.24, 2.45) is 0 Å². The number of unbranched alkanes of at least 4 members (excludes halogenated alkanes) is 2. The molecule has 0 unspecified atom stereocenters. The first-order valence-electron chi connectivity index (χ1n) is 11.3. The van der Waals surface area contributed by atoms with Gasteiger partial charge in [0.25, 0.3) is 0 Å². The molecule has 0 aliphatic carbocycles. The van der Waals surface area contributed by atoms with Gasteiger partial charge in [-0.2, -0.15) is 0 Å². The molecule has 164 valence electrons. The van der Waals surface area contributed by atoms with Crippen LogP contribution in [-0.2, 0) is 6.42 Å². The van der Waals surface area contributed by atoms with Crippen LogP contribution in [0.4, 0.5) is 0 Å². The third-order valence-corrected chi connectivity index (χ3v) is 5.92. The van der Waals surface area contributed by atoms with E-state index in [0.29, 0.717) is 0 Å². The number of hydrogen-bond donors (Lipinski definition) is 0. The van der Waals surface area contributed by atoms with Gasteiger partial charge in [0.2, 0.25) is 0 Å². The van der Waals surface area contributed by atoms with Gasteiger partial charge >= 0.3 is 0 Å². The summed E-state index contributed by atoms with van der Waals surface area (Å²) in [6.07, 6.45) is 4.62. The SMILES string of the molecule is CCCCCc1c(-c2ccccc2)cc(-c2ccc(OC)cc2)n1-c1ccc(OC)cc1. The third kappa shape index (κ3) is 4.57. The zero-order chi connectivity index (χ0) is 22.3. The molecule has 0 amide bonds. The minimum absolute atomic E-state index is 0.864. The summed E-state index contributed by atoms with van der Waals surface area (Å²) in [6, 6.07) is 29.7. The van der Waals surface area contributed by atoms with Gasteiger partial charge in [0.1, 0.15) is 11.5 Å². The summed E-state index contributed by atoms with van der Waals surface area (Å²) in [4.78, 5) is 0. The minimum Gasteiger partial charge on any atom is -0.497 e. The summed E-state index contributed by atoms with van der Waals surface area (Å²) in [7, 11) is 3.41. The van der Waals surface area contributed by atoms with Crippen LogP contribution in [0.5, 0.6) is 11.5 Å². The van der Waals surface area contributed by atoms with Crippen molar-refractivity contribution in [1.82, 2.24) is 4.57 Å². The van der Waals surface area contributed by atoms with Crippen LogP contribution in [0.3, 0.4) is 0 Å². The van der Waals surface area contributed by atoms with E-state index < -0.39 is 0 Å². The van der Waals surface area contributed by atoms with Gasteiger partial charge in [-0.25, -0.2) is 0 Å². The van der Waals surface area contributed by atoms with Gasteiger partial charge in [0.15, 0.2) is 0 Å². The molecule has 0 radical (unpaired) electrons. The van der Waals surface area contributed by atoms with Crippen molar-refractivity contribution in [3.63, 3.8) is 0 Å². The molecule has 32 heavy (non-hydrogen) atoms. The molecule has 0 atom stereocenters. The second-order valence-electron chi connectivity index (χ2n) is 7.98. The first kappa shape index (κ1) is 21.8. The number of methoxy groups -OCH3 is 2. The molecular formula is C29H31NO2. The Balaban J connectivity index is 1.93. The van der Waals surface area contributed by atoms with Crippen molar-refractivity contribution < 1.29 is 9.47 Å². The Morgan fingerprint density at radius 3 is 1.91 bits per heavy atom. The molecule has 4 rings (SSSR count). The summed E-state index contributed by atoms with van der Waals surface area (Å²) in [6.45, 7) is 2.25. The Labute approximate surface area is 191 Å². The van der Waals surface area contributed by atoms with Crippen LogP contribution in [0.15, 0.2) is 84.9 Å². The standard InChI is InChI=1S/C29H31NO2/c1-4-5-7-12-28-27(22-10-8-6-9-11-22)21-29(23-13-17-25(31-2)18-14-23)30(28)24-15-19-26(32-3)20-16-24/h6,8-11,13-21H,4-5,7,12H2,1-3H3. The molecule has 0 aliphatic rings. The summed E-state index contributed by atoms with van der Waals surface area (Å²) in [5.74, 6) is 1.73. The molecule has 1 aromatic heterocycles. The molecule has 4 aromatic rings. The Morgan fingerprint density at radius 2 is 1.31 bits per heavy atom. The molecule has 0 aliphatic heterocycles. The highest BCUT2D eigenvalue weighted by atomic mass is 16.5. The maximum Gasteiger partial charge on any atom is 0.119 e. The molecule has 0 saturated heterocycles. The fraction of sp³-hybridized carbons (Fsp3) is 0.241. The maximum atomic E-state index is 5.41. The first-order valence-corrected chi connectivity index (χ1v) is 11.3. The van der Waals surface area contributed by atoms with Crippen molar-refractivity contribution >= 4 is 0 Å². The van der Waals surface area contributed by atoms with Crippen LogP contribution in [0.25, 0.3) is 28.1 Å². The second kappa shape index (κ2) is 10.2. The number of nitrogens with zero attached hydrogens (tertiary/aromatic N) is 1. The van der Waals surface area contributed by atoms with Crippen molar-refractivity contribution in [2.45, 2.75) is 32.6 Å². The second-order valence-corrected chi connectivity index (χ2v) is 7.98. The van der Waals surface area contributed by atoms with E-state index in [1.165, 1.54) is 47.3 Å². The Hall–Kier alpha value is -3.46. The molecule has 0 N–H and O–H groups in total. The average Bonchev–Trinajstić information content (AvgIpc) is 3.24. The lowest BCUT2D eigenvalue weighted by molar-refractivity contribution is 0.414. The Kier molecular flexibility index (Phi) is 6.96. The lowest BCUT2D eigenvalue weighted by atomic mass is 10.0. The summed E-state index contributed by atoms with van der Waals surface area (Å²) in [5.41, 5.74) is 7.39. The highest BCUT2D eigenvalue weighted by molar-refractivity contribution is 5.77. The fourth-order valence-electron chi connectivity index (χ4n) is 4.21. The summed E-state index contributed by atoms with van der Waals surface area (Å²) >= 11 is 0. The fourth-order valence-corrected chi connectivity index (χ4v) is 4.21. The van der Waals surface area contributed by atoms with Gasteiger partial charge in [-0.1, -0.05) is 50.1 Å². The quantitative estimate of drug-likeness (QED) is 0.258. The van der Waals surface area contributed by atoms with Gasteiger partial charge in [-0.3, -0.25) is 0 Å². The van der Waals surface area contributed by atoms with E-state index in [4.69, 9.17) is 9.47 Å². The molecule has 1 heterocycles. The number of ether oxygens (including phenoxy) is 2. The van der Waals surface area contributed by atoms with E-state index in [0.717, 1.165) is 23.6 Å². The van der Waals surface area contributed by atoms with Gasteiger partial charge in [-0.05, 0) is 78.6 Å². The van der Waals surface area contributed by atoms with Crippen molar-refractivity contribution in [2.75, 3.05) is 14.2 Å². The molecule has 3 nitrogen and oxygen atoms in total. The normalized spacial score (nSPS) is 10.8. The van der Waals surface area contributed by atoms with Crippen LogP contribution in [-0.4, -0.2) is 18.8 Å². The van der Waals surface area contributed by atoms with Gasteiger partial charge in [0, 0.05) is 16.9 Å². The van der Waals surface area contributed by atoms with Crippen molar-refractivity contribution in [3.05, 3.63) is 90.6 Å². The van der Waals surface area contributed by atoms with E-state index in [-0.39, 0.29) is 0 Å². The lowest BCUT2D eigenvalue weighted by Gasteiger charge is -2.16. The maximum absolute atomic E-state index is 5.41. The summed E-state index contributed by atoms with van der Waals surface area (Å²) < 4.78 is 13.2. The van der Waals surface area contributed by atoms with E-state index in [1.807, 2.05) is 24.3 Å². The van der Waals surface area contributed by atoms with Crippen molar-refractivity contribution in [1.29, 1.82) is 0 Å². The molecule has 3 heteroatoms. The van der Waals surface area contributed by atoms with Gasteiger partial charge in [-0.15, -0.1) is 0 Å². The molecule has 0 saturated carbocycles. The number of benzene rings is 3. The largest absolute Gasteiger partial charge is 0.497 e. The smallest absolute Gasteiger partial charge is 0.119 e. The molecule has 0 bridgehead atoms. The minimum atomic E-state index is 0.864. The van der Waals surface area contributed by atoms with E-state index in [2.05, 4.69) is 72.2 Å². The molecule has 0 fully saturated rings. The average molecular weight is 426 g/mol. The van der Waals surface area contributed by atoms with Crippen LogP contribution in [0.2, 0.25) is 0 Å². The lowest BCUT2D eigenvalue weighted by Crippen LogP contribution is -2.03. The van der Waals surface area contributed by atoms with E-state index >= 15 is 0 Å². The van der Waals surface area contributed by atoms with Crippen LogP contribution in [0.1, 0.15) is 31.9 Å². The van der Waals surface area contributed by atoms with Gasteiger partial charge < -0.3 is 14.0 Å². The van der Waals surface area contributed by atoms with E-state index in [1.54, 1.807) is 14.2 Å². The van der Waals surface area contributed by atoms with Crippen LogP contribution < -0.4 is 9.47 Å². The molecule has 0 spiro atoms. The number of hydrogen-bond acceptors (Lipinski definition) is 2. The molecule has 3 aromatic carbocycles. The Bertz CT molecular complexity index is 1130. The van der Waals surface area contributed by atoms with Gasteiger partial charge in [0.05, 0.1) is 19.9 Å². The predicted molar refractivity (Wildman–Crippen MR) is 133 cm³/mol. The Morgan fingerprint density at radius 1 is 0.688 bits per heavy atom. The third-order valence-electron chi connectivity index (χ3n) is 5.92. The first-order chi connectivity index (χ1) is 15.7. The zero-order valence-corrected chi connectivity index (χ0v) is 19.2. The highest BCUT2D eigenvalue weighted by Gasteiger charge is 2.19. The number of aromatic nitrogens is 1. The number of rotatable bonds is 9. The topological polar surface area (TPSA) is 23.4 Å². The van der Waals surface area contributed by atoms with Crippen LogP contribution >= 0.6 is 0 Å². The predicted octanol–water partition coefficient (Wildman–Crippen LogP) is 7.56. The highest BCUT2D eigenvalue weighted by Crippen LogP contribution is 2.37. The summed E-state index contributed by atoms with van der Waals surface area (Å²) in [5, 5.41) is 0. The molecular weight excluding hydrogens is 394 g/mol. The van der Waals surface area contributed by atoms with Crippen molar-refractivity contribution in [3.8, 4) is 39.6 Å². The van der Waals surface area contributed by atoms with Crippen LogP contribution in [0, 0.1) is 0 Å². The van der Waals surface area contributed by atoms with E-state index in [9.17, 15) is 0 Å².